The van der Waals surface area contributed by atoms with Crippen LogP contribution in [-0.4, -0.2) is 9.91 Å². The number of nitriles is 1. The normalized spacial score (nSPS) is 10.5. The summed E-state index contributed by atoms with van der Waals surface area (Å²) in [5, 5.41) is 20.9. The Morgan fingerprint density at radius 2 is 1.85 bits per heavy atom. The topological polar surface area (TPSA) is 89.0 Å². The quantitative estimate of drug-likeness (QED) is 0.346. The number of nitro benzene ring substituents is 1. The number of non-ortho nitro benzene ring substituents is 1. The molecule has 0 saturated carbocycles. The van der Waals surface area contributed by atoms with Gasteiger partial charge in [-0.15, -0.1) is 11.3 Å². The number of thiazole rings is 1. The maximum absolute atomic E-state index is 10.8. The van der Waals surface area contributed by atoms with E-state index in [0.717, 1.165) is 20.8 Å². The fourth-order valence-electron chi connectivity index (χ4n) is 2.60. The Labute approximate surface area is 158 Å². The van der Waals surface area contributed by atoms with E-state index in [9.17, 15) is 15.4 Å². The Morgan fingerprint density at radius 3 is 2.56 bits per heavy atom. The Morgan fingerprint density at radius 1 is 1.07 bits per heavy atom. The van der Waals surface area contributed by atoms with Gasteiger partial charge in [0.1, 0.15) is 28.1 Å². The molecule has 0 aliphatic carbocycles. The third kappa shape index (κ3) is 3.34. The average Bonchev–Trinajstić information content (AvgIpc) is 3.13. The molecule has 3 aromatic carbocycles. The van der Waals surface area contributed by atoms with Crippen molar-refractivity contribution in [3.05, 3.63) is 82.4 Å². The zero-order chi connectivity index (χ0) is 18.8. The highest BCUT2D eigenvalue weighted by Gasteiger charge is 2.12. The fraction of sp³-hybridized carbons (Fsp3) is 0. The average molecular weight is 373 g/mol. The summed E-state index contributed by atoms with van der Waals surface area (Å²) in [6.45, 7) is 0. The minimum Gasteiger partial charge on any atom is -0.456 e. The summed E-state index contributed by atoms with van der Waals surface area (Å²) in [5.41, 5.74) is 1.89. The predicted octanol–water partition coefficient (Wildman–Crippen LogP) is 5.54. The van der Waals surface area contributed by atoms with E-state index in [-0.39, 0.29) is 17.0 Å². The van der Waals surface area contributed by atoms with Crippen molar-refractivity contribution >= 4 is 27.2 Å². The van der Waals surface area contributed by atoms with Gasteiger partial charge in [-0.3, -0.25) is 10.1 Å². The number of para-hydroxylation sites is 1. The van der Waals surface area contributed by atoms with Crippen LogP contribution in [0.25, 0.3) is 20.8 Å². The third-order valence-corrected chi connectivity index (χ3v) is 5.00. The van der Waals surface area contributed by atoms with E-state index in [4.69, 9.17) is 4.74 Å². The van der Waals surface area contributed by atoms with E-state index < -0.39 is 4.92 Å². The van der Waals surface area contributed by atoms with Crippen LogP contribution in [0.2, 0.25) is 0 Å². The zero-order valence-electron chi connectivity index (χ0n) is 13.8. The standard InChI is InChI=1S/C20H11N3O3S/c21-12-14-11-15(23(24)25)7-10-18(14)26-16-8-5-13(6-9-16)20-22-17-3-1-2-4-19(17)27-20/h1-11H. The highest BCUT2D eigenvalue weighted by molar-refractivity contribution is 7.21. The van der Waals surface area contributed by atoms with Crippen LogP contribution in [0.3, 0.4) is 0 Å². The Hall–Kier alpha value is -3.76. The molecule has 0 bridgehead atoms. The minimum atomic E-state index is -0.544. The van der Waals surface area contributed by atoms with Crippen molar-refractivity contribution in [1.82, 2.24) is 4.98 Å². The second-order valence-corrected chi connectivity index (χ2v) is 6.69. The number of nitrogens with zero attached hydrogens (tertiary/aromatic N) is 3. The van der Waals surface area contributed by atoms with Crippen molar-refractivity contribution in [2.24, 2.45) is 0 Å². The second kappa shape index (κ2) is 6.86. The highest BCUT2D eigenvalue weighted by Crippen LogP contribution is 2.33. The molecule has 7 heteroatoms. The summed E-state index contributed by atoms with van der Waals surface area (Å²) in [4.78, 5) is 14.9. The number of hydrogen-bond acceptors (Lipinski definition) is 6. The van der Waals surface area contributed by atoms with Crippen molar-refractivity contribution < 1.29 is 9.66 Å². The molecule has 130 valence electrons. The molecule has 0 radical (unpaired) electrons. The number of ether oxygens (including phenoxy) is 1. The van der Waals surface area contributed by atoms with Crippen LogP contribution in [0, 0.1) is 21.4 Å². The molecule has 0 aliphatic rings. The van der Waals surface area contributed by atoms with Crippen LogP contribution in [0.5, 0.6) is 11.5 Å². The number of nitro groups is 1. The molecule has 0 saturated heterocycles. The molecule has 0 N–H and O–H groups in total. The first-order valence-electron chi connectivity index (χ1n) is 7.96. The lowest BCUT2D eigenvalue weighted by Crippen LogP contribution is -1.92. The monoisotopic (exact) mass is 373 g/mol. The molecule has 4 rings (SSSR count). The first-order chi connectivity index (χ1) is 13.1. The molecule has 0 amide bonds. The number of fused-ring (bicyclic) bond motifs is 1. The van der Waals surface area contributed by atoms with Gasteiger partial charge in [0, 0.05) is 17.7 Å². The summed E-state index contributed by atoms with van der Waals surface area (Å²) in [5.74, 6) is 0.807. The van der Waals surface area contributed by atoms with E-state index >= 15 is 0 Å². The minimum absolute atomic E-state index is 0.111. The molecule has 1 aromatic heterocycles. The molecule has 0 aliphatic heterocycles. The van der Waals surface area contributed by atoms with E-state index in [1.165, 1.54) is 18.2 Å². The van der Waals surface area contributed by atoms with Crippen molar-refractivity contribution in [1.29, 1.82) is 5.26 Å². The Kier molecular flexibility index (Phi) is 4.24. The molecular weight excluding hydrogens is 362 g/mol. The molecule has 0 atom stereocenters. The van der Waals surface area contributed by atoms with Crippen LogP contribution in [0.4, 0.5) is 5.69 Å². The SMILES string of the molecule is N#Cc1cc([N+](=O)[O-])ccc1Oc1ccc(-c2nc3ccccc3s2)cc1. The van der Waals surface area contributed by atoms with Gasteiger partial charge in [0.05, 0.1) is 15.1 Å². The first kappa shape index (κ1) is 16.7. The van der Waals surface area contributed by atoms with Gasteiger partial charge in [-0.25, -0.2) is 4.98 Å². The molecule has 1 heterocycles. The summed E-state index contributed by atoms with van der Waals surface area (Å²) < 4.78 is 6.85. The lowest BCUT2D eigenvalue weighted by Gasteiger charge is -2.07. The van der Waals surface area contributed by atoms with Gasteiger partial charge in [0.15, 0.2) is 0 Å². The summed E-state index contributed by atoms with van der Waals surface area (Å²) in [6, 6.07) is 21.2. The molecule has 0 fully saturated rings. The van der Waals surface area contributed by atoms with Gasteiger partial charge in [0.2, 0.25) is 0 Å². The lowest BCUT2D eigenvalue weighted by molar-refractivity contribution is -0.384. The summed E-state index contributed by atoms with van der Waals surface area (Å²) in [6.07, 6.45) is 0. The Bertz CT molecular complexity index is 1160. The summed E-state index contributed by atoms with van der Waals surface area (Å²) >= 11 is 1.61. The third-order valence-electron chi connectivity index (χ3n) is 3.92. The van der Waals surface area contributed by atoms with Gasteiger partial charge in [-0.05, 0) is 42.5 Å². The molecule has 0 unspecified atom stereocenters. The van der Waals surface area contributed by atoms with Gasteiger partial charge < -0.3 is 4.74 Å². The van der Waals surface area contributed by atoms with E-state index in [1.54, 1.807) is 23.5 Å². The smallest absolute Gasteiger partial charge is 0.271 e. The Balaban J connectivity index is 1.59. The predicted molar refractivity (Wildman–Crippen MR) is 103 cm³/mol. The van der Waals surface area contributed by atoms with E-state index in [0.29, 0.717) is 5.75 Å². The van der Waals surface area contributed by atoms with Gasteiger partial charge in [0.25, 0.3) is 5.69 Å². The maximum Gasteiger partial charge on any atom is 0.271 e. The van der Waals surface area contributed by atoms with Crippen molar-refractivity contribution in [2.75, 3.05) is 0 Å². The van der Waals surface area contributed by atoms with Gasteiger partial charge in [-0.2, -0.15) is 5.26 Å². The number of rotatable bonds is 4. The van der Waals surface area contributed by atoms with Crippen LogP contribution in [0.15, 0.2) is 66.7 Å². The first-order valence-corrected chi connectivity index (χ1v) is 8.78. The lowest BCUT2D eigenvalue weighted by atomic mass is 10.2. The molecule has 0 spiro atoms. The summed E-state index contributed by atoms with van der Waals surface area (Å²) in [7, 11) is 0. The number of aromatic nitrogens is 1. The molecule has 6 nitrogen and oxygen atoms in total. The van der Waals surface area contributed by atoms with Crippen LogP contribution in [-0.2, 0) is 0 Å². The second-order valence-electron chi connectivity index (χ2n) is 5.66. The van der Waals surface area contributed by atoms with Gasteiger partial charge >= 0.3 is 0 Å². The van der Waals surface area contributed by atoms with Crippen LogP contribution >= 0.6 is 11.3 Å². The van der Waals surface area contributed by atoms with Crippen LogP contribution in [0.1, 0.15) is 5.56 Å². The van der Waals surface area contributed by atoms with E-state index in [1.807, 2.05) is 42.5 Å². The highest BCUT2D eigenvalue weighted by atomic mass is 32.1. The number of benzene rings is 3. The van der Waals surface area contributed by atoms with Crippen molar-refractivity contribution in [2.45, 2.75) is 0 Å². The van der Waals surface area contributed by atoms with Gasteiger partial charge in [-0.1, -0.05) is 12.1 Å². The number of hydrogen-bond donors (Lipinski definition) is 0. The van der Waals surface area contributed by atoms with Crippen LogP contribution < -0.4 is 4.74 Å². The molecular formula is C20H11N3O3S. The van der Waals surface area contributed by atoms with Crippen molar-refractivity contribution in [3.8, 4) is 28.1 Å². The zero-order valence-corrected chi connectivity index (χ0v) is 14.6. The molecule has 27 heavy (non-hydrogen) atoms. The fourth-order valence-corrected chi connectivity index (χ4v) is 3.57. The molecule has 4 aromatic rings. The maximum atomic E-state index is 10.8. The largest absolute Gasteiger partial charge is 0.456 e. The van der Waals surface area contributed by atoms with Crippen molar-refractivity contribution in [3.63, 3.8) is 0 Å². The van der Waals surface area contributed by atoms with E-state index in [2.05, 4.69) is 4.98 Å².